The predicted octanol–water partition coefficient (Wildman–Crippen LogP) is 1.40. The molecule has 2 saturated carbocycles. The Bertz CT molecular complexity index is 393. The van der Waals surface area contributed by atoms with Gasteiger partial charge in [-0.05, 0) is 30.6 Å². The molecular formula is C11H16O3S. The zero-order chi connectivity index (χ0) is 11.1. The summed E-state index contributed by atoms with van der Waals surface area (Å²) in [7, 11) is -1.18. The molecule has 0 aromatic rings. The molecule has 0 unspecified atom stereocenters. The highest BCUT2D eigenvalue weighted by atomic mass is 32.2. The zero-order valence-electron chi connectivity index (χ0n) is 9.08. The van der Waals surface area contributed by atoms with Crippen LogP contribution in [0.25, 0.3) is 0 Å². The van der Waals surface area contributed by atoms with Gasteiger partial charge < -0.3 is 5.11 Å². The molecule has 5 atom stereocenters. The Hall–Kier alpha value is -0.380. The number of carboxylic acids is 1. The second-order valence-corrected chi connectivity index (χ2v) is 7.49. The van der Waals surface area contributed by atoms with Crippen molar-refractivity contribution in [2.24, 2.45) is 16.7 Å². The highest BCUT2D eigenvalue weighted by molar-refractivity contribution is 7.87. The summed E-state index contributed by atoms with van der Waals surface area (Å²) in [5, 5.41) is 9.47. The quantitative estimate of drug-likeness (QED) is 0.738. The molecule has 3 fully saturated rings. The van der Waals surface area contributed by atoms with E-state index in [1.165, 1.54) is 0 Å². The summed E-state index contributed by atoms with van der Waals surface area (Å²) in [5.74, 6) is 0.256. The van der Waals surface area contributed by atoms with Gasteiger partial charge in [0.15, 0.2) is 0 Å². The Morgan fingerprint density at radius 1 is 1.47 bits per heavy atom. The summed E-state index contributed by atoms with van der Waals surface area (Å²) in [4.78, 5) is 11.5. The normalized spacial score (nSPS) is 61.2. The fourth-order valence-corrected chi connectivity index (χ4v) is 7.28. The minimum atomic E-state index is -1.18. The molecule has 0 radical (unpaired) electrons. The van der Waals surface area contributed by atoms with Crippen LogP contribution in [-0.4, -0.2) is 25.8 Å². The van der Waals surface area contributed by atoms with Gasteiger partial charge >= 0.3 is 5.97 Å². The molecule has 1 heterocycles. The Labute approximate surface area is 91.7 Å². The molecular weight excluding hydrogens is 212 g/mol. The van der Waals surface area contributed by atoms with Crippen LogP contribution in [0.5, 0.6) is 0 Å². The van der Waals surface area contributed by atoms with Crippen LogP contribution in [0.1, 0.15) is 33.1 Å². The summed E-state index contributed by atoms with van der Waals surface area (Å²) in [5.41, 5.74) is -0.225. The molecule has 0 spiro atoms. The predicted molar refractivity (Wildman–Crippen MR) is 56.9 cm³/mol. The molecule has 1 saturated heterocycles. The number of hydrogen-bond acceptors (Lipinski definition) is 2. The van der Waals surface area contributed by atoms with Crippen LogP contribution >= 0.6 is 0 Å². The van der Waals surface area contributed by atoms with Crippen molar-refractivity contribution in [3.05, 3.63) is 0 Å². The van der Waals surface area contributed by atoms with E-state index in [9.17, 15) is 14.1 Å². The van der Waals surface area contributed by atoms with E-state index in [1.807, 2.05) is 0 Å². The molecule has 4 bridgehead atoms. The van der Waals surface area contributed by atoms with Crippen LogP contribution < -0.4 is 0 Å². The third-order valence-corrected chi connectivity index (χ3v) is 8.18. The largest absolute Gasteiger partial charge is 0.480 e. The van der Waals surface area contributed by atoms with E-state index in [0.29, 0.717) is 18.1 Å². The highest BCUT2D eigenvalue weighted by Crippen LogP contribution is 2.76. The van der Waals surface area contributed by atoms with Gasteiger partial charge in [0.2, 0.25) is 0 Å². The summed E-state index contributed by atoms with van der Waals surface area (Å²) >= 11 is 0. The second kappa shape index (κ2) is 2.31. The SMILES string of the molecule is C[C@@]12CC[C@@H]3C[C@]1(C(=O)O)[S@](=O)C[C@]32C. The lowest BCUT2D eigenvalue weighted by molar-refractivity contribution is -0.143. The standard InChI is InChI=1S/C11H16O3S/c1-9-6-15(14)11(8(12)13)5-7(9)3-4-10(9,11)2/h7H,3-6H2,1-2H3,(H,12,13)/t7-,9-,10+,11-,15-/m1/s1. The molecule has 84 valence electrons. The molecule has 3 aliphatic rings. The highest BCUT2D eigenvalue weighted by Gasteiger charge is 2.80. The van der Waals surface area contributed by atoms with Crippen LogP contribution in [0.15, 0.2) is 0 Å². The first-order valence-corrected chi connectivity index (χ1v) is 6.82. The number of rotatable bonds is 1. The van der Waals surface area contributed by atoms with Gasteiger partial charge in [-0.25, -0.2) is 0 Å². The molecule has 2 aliphatic carbocycles. The van der Waals surface area contributed by atoms with E-state index in [-0.39, 0.29) is 10.8 Å². The summed E-state index contributed by atoms with van der Waals surface area (Å²) in [6, 6.07) is 0. The van der Waals surface area contributed by atoms with Gasteiger partial charge in [0.25, 0.3) is 0 Å². The summed E-state index contributed by atoms with van der Waals surface area (Å²) in [6.07, 6.45) is 2.70. The second-order valence-electron chi connectivity index (χ2n) is 5.81. The lowest BCUT2D eigenvalue weighted by atomic mass is 9.66. The monoisotopic (exact) mass is 228 g/mol. The maximum atomic E-state index is 12.1. The Morgan fingerprint density at radius 3 is 2.60 bits per heavy atom. The fraction of sp³-hybridized carbons (Fsp3) is 0.909. The van der Waals surface area contributed by atoms with Gasteiger partial charge in [0.1, 0.15) is 4.75 Å². The third-order valence-electron chi connectivity index (χ3n) is 5.74. The van der Waals surface area contributed by atoms with Crippen molar-refractivity contribution in [1.29, 1.82) is 0 Å². The van der Waals surface area contributed by atoms with Gasteiger partial charge in [0.05, 0.1) is 0 Å². The molecule has 0 aromatic heterocycles. The van der Waals surface area contributed by atoms with Crippen molar-refractivity contribution in [3.63, 3.8) is 0 Å². The molecule has 3 rings (SSSR count). The average Bonchev–Trinajstić information content (AvgIpc) is 2.55. The summed E-state index contributed by atoms with van der Waals surface area (Å²) in [6.45, 7) is 4.21. The maximum Gasteiger partial charge on any atom is 0.323 e. The third kappa shape index (κ3) is 0.690. The minimum absolute atomic E-state index is 0.0102. The van der Waals surface area contributed by atoms with Crippen molar-refractivity contribution in [2.75, 3.05) is 5.75 Å². The number of aliphatic carboxylic acids is 1. The Morgan fingerprint density at radius 2 is 2.13 bits per heavy atom. The van der Waals surface area contributed by atoms with Gasteiger partial charge in [0, 0.05) is 22.0 Å². The van der Waals surface area contributed by atoms with E-state index < -0.39 is 21.5 Å². The number of carbonyl (C=O) groups is 1. The van der Waals surface area contributed by atoms with E-state index >= 15 is 0 Å². The average molecular weight is 228 g/mol. The van der Waals surface area contributed by atoms with Crippen molar-refractivity contribution >= 4 is 16.8 Å². The zero-order valence-corrected chi connectivity index (χ0v) is 9.89. The van der Waals surface area contributed by atoms with Crippen LogP contribution in [0.2, 0.25) is 0 Å². The lowest BCUT2D eigenvalue weighted by Crippen LogP contribution is -2.51. The summed E-state index contributed by atoms with van der Waals surface area (Å²) < 4.78 is 11.2. The van der Waals surface area contributed by atoms with Gasteiger partial charge in [-0.15, -0.1) is 0 Å². The van der Waals surface area contributed by atoms with E-state index in [1.54, 1.807) is 0 Å². The minimum Gasteiger partial charge on any atom is -0.480 e. The smallest absolute Gasteiger partial charge is 0.323 e. The van der Waals surface area contributed by atoms with Gasteiger partial charge in [-0.2, -0.15) is 0 Å². The first kappa shape index (κ1) is 9.82. The van der Waals surface area contributed by atoms with Crippen molar-refractivity contribution < 1.29 is 14.1 Å². The van der Waals surface area contributed by atoms with Crippen LogP contribution in [-0.2, 0) is 15.6 Å². The maximum absolute atomic E-state index is 12.1. The molecule has 0 aromatic carbocycles. The molecule has 0 amide bonds. The molecule has 1 aliphatic heterocycles. The first-order valence-electron chi connectivity index (χ1n) is 5.50. The first-order chi connectivity index (χ1) is 6.88. The van der Waals surface area contributed by atoms with Gasteiger partial charge in [-0.3, -0.25) is 9.00 Å². The van der Waals surface area contributed by atoms with E-state index in [0.717, 1.165) is 12.8 Å². The Balaban J connectivity index is 2.26. The topological polar surface area (TPSA) is 54.4 Å². The molecule has 15 heavy (non-hydrogen) atoms. The Kier molecular flexibility index (Phi) is 1.51. The van der Waals surface area contributed by atoms with Crippen LogP contribution in [0.3, 0.4) is 0 Å². The van der Waals surface area contributed by atoms with Crippen molar-refractivity contribution in [3.8, 4) is 0 Å². The van der Waals surface area contributed by atoms with Crippen LogP contribution in [0.4, 0.5) is 0 Å². The van der Waals surface area contributed by atoms with E-state index in [2.05, 4.69) is 13.8 Å². The fourth-order valence-electron chi connectivity index (χ4n) is 4.52. The van der Waals surface area contributed by atoms with Crippen LogP contribution in [0, 0.1) is 16.7 Å². The van der Waals surface area contributed by atoms with Crippen molar-refractivity contribution in [2.45, 2.75) is 37.9 Å². The molecule has 3 nitrogen and oxygen atoms in total. The van der Waals surface area contributed by atoms with Crippen molar-refractivity contribution in [1.82, 2.24) is 0 Å². The lowest BCUT2D eigenvalue weighted by Gasteiger charge is -2.37. The number of carboxylic acid groups (broad SMARTS) is 1. The van der Waals surface area contributed by atoms with Gasteiger partial charge in [-0.1, -0.05) is 13.8 Å². The number of hydrogen-bond donors (Lipinski definition) is 1. The molecule has 1 N–H and O–H groups in total. The van der Waals surface area contributed by atoms with E-state index in [4.69, 9.17) is 0 Å². The molecule has 4 heteroatoms.